The van der Waals surface area contributed by atoms with Gasteiger partial charge in [0.2, 0.25) is 0 Å². The van der Waals surface area contributed by atoms with Gasteiger partial charge in [-0.05, 0) is 37.1 Å². The van der Waals surface area contributed by atoms with Crippen molar-refractivity contribution in [1.82, 2.24) is 4.90 Å². The summed E-state index contributed by atoms with van der Waals surface area (Å²) in [7, 11) is 0. The first kappa shape index (κ1) is 19.0. The highest BCUT2D eigenvalue weighted by Crippen LogP contribution is 2.23. The monoisotopic (exact) mass is 389 g/mol. The molecule has 0 aliphatic carbocycles. The second-order valence-corrected chi connectivity index (χ2v) is 7.45. The summed E-state index contributed by atoms with van der Waals surface area (Å²) in [5.41, 5.74) is 3.67. The normalized spacial score (nSPS) is 16.1. The molecule has 5 heteroatoms. The summed E-state index contributed by atoms with van der Waals surface area (Å²) < 4.78 is 10.8. The van der Waals surface area contributed by atoms with Crippen LogP contribution in [0.15, 0.2) is 69.9 Å². The van der Waals surface area contributed by atoms with E-state index in [1.165, 1.54) is 11.6 Å². The van der Waals surface area contributed by atoms with Crippen LogP contribution in [0.3, 0.4) is 0 Å². The third-order valence-electron chi connectivity index (χ3n) is 5.12. The van der Waals surface area contributed by atoms with Crippen LogP contribution in [0.5, 0.6) is 5.75 Å². The van der Waals surface area contributed by atoms with Crippen LogP contribution < -0.4 is 10.4 Å². The number of nitrogens with zero attached hydrogens (tertiary/aromatic N) is 1. The molecule has 5 nitrogen and oxygen atoms in total. The summed E-state index contributed by atoms with van der Waals surface area (Å²) in [6, 6.07) is 19.1. The number of carbonyl (C=O) groups is 1. The quantitative estimate of drug-likeness (QED) is 0.670. The Bertz CT molecular complexity index is 1070. The Labute approximate surface area is 169 Å². The second kappa shape index (κ2) is 7.95. The standard InChI is InChI=1S/C24H23NO4/c1-16-3-5-18(6-4-16)19-7-9-20(10-8-19)24(27)25-12-11-21(15-25)29-22-13-17(2)28-23(26)14-22/h3-10,13-14,21H,11-12,15H2,1-2H3. The highest BCUT2D eigenvalue weighted by atomic mass is 16.5. The van der Waals surface area contributed by atoms with Gasteiger partial charge < -0.3 is 14.1 Å². The van der Waals surface area contributed by atoms with Crippen molar-refractivity contribution < 1.29 is 13.9 Å². The first-order chi connectivity index (χ1) is 14.0. The Kier molecular flexibility index (Phi) is 5.21. The molecule has 2 aromatic carbocycles. The van der Waals surface area contributed by atoms with E-state index in [1.54, 1.807) is 17.9 Å². The van der Waals surface area contributed by atoms with Crippen LogP contribution >= 0.6 is 0 Å². The van der Waals surface area contributed by atoms with E-state index in [4.69, 9.17) is 9.15 Å². The van der Waals surface area contributed by atoms with E-state index in [2.05, 4.69) is 31.2 Å². The van der Waals surface area contributed by atoms with Crippen molar-refractivity contribution in [2.45, 2.75) is 26.4 Å². The molecule has 1 saturated heterocycles. The van der Waals surface area contributed by atoms with Crippen LogP contribution in [0.4, 0.5) is 0 Å². The maximum Gasteiger partial charge on any atom is 0.339 e. The average Bonchev–Trinajstić information content (AvgIpc) is 3.16. The molecule has 2 heterocycles. The van der Waals surface area contributed by atoms with Crippen molar-refractivity contribution in [2.75, 3.05) is 13.1 Å². The van der Waals surface area contributed by atoms with Gasteiger partial charge in [0.1, 0.15) is 17.6 Å². The topological polar surface area (TPSA) is 59.8 Å². The number of hydrogen-bond donors (Lipinski definition) is 0. The molecular weight excluding hydrogens is 366 g/mol. The van der Waals surface area contributed by atoms with Crippen LogP contribution in [0.1, 0.15) is 28.1 Å². The largest absolute Gasteiger partial charge is 0.488 e. The molecule has 3 aromatic rings. The minimum absolute atomic E-state index is 0.00434. The predicted molar refractivity (Wildman–Crippen MR) is 111 cm³/mol. The fourth-order valence-corrected chi connectivity index (χ4v) is 3.58. The molecule has 0 bridgehead atoms. The van der Waals surface area contributed by atoms with Gasteiger partial charge >= 0.3 is 5.63 Å². The van der Waals surface area contributed by atoms with Gasteiger partial charge in [0.25, 0.3) is 5.91 Å². The molecule has 0 radical (unpaired) electrons. The highest BCUT2D eigenvalue weighted by Gasteiger charge is 2.28. The SMILES string of the molecule is Cc1ccc(-c2ccc(C(=O)N3CCC(Oc4cc(C)oc(=O)c4)C3)cc2)cc1. The zero-order chi connectivity index (χ0) is 20.4. The van der Waals surface area contributed by atoms with E-state index < -0.39 is 5.63 Å². The first-order valence-electron chi connectivity index (χ1n) is 9.73. The lowest BCUT2D eigenvalue weighted by Crippen LogP contribution is -2.31. The van der Waals surface area contributed by atoms with E-state index in [9.17, 15) is 9.59 Å². The van der Waals surface area contributed by atoms with E-state index in [1.807, 2.05) is 24.3 Å². The van der Waals surface area contributed by atoms with Gasteiger partial charge in [0.05, 0.1) is 12.6 Å². The van der Waals surface area contributed by atoms with Crippen molar-refractivity contribution in [1.29, 1.82) is 0 Å². The molecule has 1 amide bonds. The van der Waals surface area contributed by atoms with Crippen LogP contribution in [-0.4, -0.2) is 30.0 Å². The average molecular weight is 389 g/mol. The molecular formula is C24H23NO4. The number of rotatable bonds is 4. The van der Waals surface area contributed by atoms with Crippen molar-refractivity contribution in [3.8, 4) is 16.9 Å². The number of hydrogen-bond acceptors (Lipinski definition) is 4. The molecule has 148 valence electrons. The number of benzene rings is 2. The Morgan fingerprint density at radius 3 is 2.31 bits per heavy atom. The third-order valence-corrected chi connectivity index (χ3v) is 5.12. The van der Waals surface area contributed by atoms with E-state index in [0.29, 0.717) is 30.2 Å². The minimum Gasteiger partial charge on any atom is -0.488 e. The Hall–Kier alpha value is -3.34. The van der Waals surface area contributed by atoms with E-state index >= 15 is 0 Å². The van der Waals surface area contributed by atoms with Crippen LogP contribution in [0, 0.1) is 13.8 Å². The second-order valence-electron chi connectivity index (χ2n) is 7.45. The Morgan fingerprint density at radius 1 is 1.00 bits per heavy atom. The fourth-order valence-electron chi connectivity index (χ4n) is 3.58. The smallest absolute Gasteiger partial charge is 0.339 e. The summed E-state index contributed by atoms with van der Waals surface area (Å²) >= 11 is 0. The first-order valence-corrected chi connectivity index (χ1v) is 9.73. The Balaban J connectivity index is 1.41. The number of aryl methyl sites for hydroxylation is 2. The van der Waals surface area contributed by atoms with Crippen molar-refractivity contribution >= 4 is 5.91 Å². The van der Waals surface area contributed by atoms with Gasteiger partial charge in [-0.15, -0.1) is 0 Å². The van der Waals surface area contributed by atoms with Gasteiger partial charge in [-0.2, -0.15) is 0 Å². The maximum atomic E-state index is 12.9. The molecule has 0 N–H and O–H groups in total. The zero-order valence-electron chi connectivity index (χ0n) is 16.6. The van der Waals surface area contributed by atoms with Gasteiger partial charge in [-0.1, -0.05) is 42.0 Å². The molecule has 1 aromatic heterocycles. The number of likely N-dealkylation sites (tertiary alicyclic amines) is 1. The molecule has 1 fully saturated rings. The van der Waals surface area contributed by atoms with Gasteiger partial charge in [0, 0.05) is 24.6 Å². The minimum atomic E-state index is -0.431. The van der Waals surface area contributed by atoms with Crippen molar-refractivity contribution in [3.05, 3.63) is 88.0 Å². The van der Waals surface area contributed by atoms with Crippen LogP contribution in [0.25, 0.3) is 11.1 Å². The van der Waals surface area contributed by atoms with E-state index in [-0.39, 0.29) is 12.0 Å². The molecule has 1 aliphatic rings. The number of amides is 1. The summed E-state index contributed by atoms with van der Waals surface area (Å²) in [6.07, 6.45) is 0.596. The van der Waals surface area contributed by atoms with Crippen molar-refractivity contribution in [2.24, 2.45) is 0 Å². The molecule has 29 heavy (non-hydrogen) atoms. The number of ether oxygens (including phenoxy) is 1. The lowest BCUT2D eigenvalue weighted by Gasteiger charge is -2.17. The maximum absolute atomic E-state index is 12.9. The van der Waals surface area contributed by atoms with Gasteiger partial charge in [-0.25, -0.2) is 4.79 Å². The zero-order valence-corrected chi connectivity index (χ0v) is 16.6. The summed E-state index contributed by atoms with van der Waals surface area (Å²) in [6.45, 7) is 4.90. The molecule has 1 atom stereocenters. The molecule has 1 aliphatic heterocycles. The van der Waals surface area contributed by atoms with E-state index in [0.717, 1.165) is 17.5 Å². The van der Waals surface area contributed by atoms with Crippen LogP contribution in [-0.2, 0) is 0 Å². The number of carbonyl (C=O) groups excluding carboxylic acids is 1. The fraction of sp³-hybridized carbons (Fsp3) is 0.250. The lowest BCUT2D eigenvalue weighted by molar-refractivity contribution is 0.0772. The summed E-state index contributed by atoms with van der Waals surface area (Å²) in [5.74, 6) is 0.989. The molecule has 0 saturated carbocycles. The van der Waals surface area contributed by atoms with Crippen molar-refractivity contribution in [3.63, 3.8) is 0 Å². The molecule has 4 rings (SSSR count). The summed E-state index contributed by atoms with van der Waals surface area (Å²) in [4.78, 5) is 26.1. The lowest BCUT2D eigenvalue weighted by atomic mass is 10.0. The third kappa shape index (κ3) is 4.40. The van der Waals surface area contributed by atoms with Crippen LogP contribution in [0.2, 0.25) is 0 Å². The molecule has 0 spiro atoms. The van der Waals surface area contributed by atoms with Gasteiger partial charge in [-0.3, -0.25) is 4.79 Å². The predicted octanol–water partition coefficient (Wildman–Crippen LogP) is 4.22. The van der Waals surface area contributed by atoms with Gasteiger partial charge in [0.15, 0.2) is 0 Å². The molecule has 1 unspecified atom stereocenters. The summed E-state index contributed by atoms with van der Waals surface area (Å²) in [5, 5.41) is 0. The highest BCUT2D eigenvalue weighted by molar-refractivity contribution is 5.95. The Morgan fingerprint density at radius 2 is 1.66 bits per heavy atom.